The fourth-order valence-corrected chi connectivity index (χ4v) is 6.54. The Bertz CT molecular complexity index is 1780. The molecule has 2 aliphatic heterocycles. The van der Waals surface area contributed by atoms with Crippen LogP contribution in [0.1, 0.15) is 51.2 Å². The first kappa shape index (κ1) is 27.7. The van der Waals surface area contributed by atoms with Crippen LogP contribution >= 0.6 is 22.9 Å². The van der Waals surface area contributed by atoms with Gasteiger partial charge in [0.15, 0.2) is 5.82 Å². The number of fused-ring (bicyclic) bond motifs is 3. The van der Waals surface area contributed by atoms with Crippen molar-refractivity contribution in [2.24, 2.45) is 12.0 Å². The predicted molar refractivity (Wildman–Crippen MR) is 159 cm³/mol. The fourth-order valence-electron chi connectivity index (χ4n) is 5.20. The third-order valence-electron chi connectivity index (χ3n) is 7.41. The first-order chi connectivity index (χ1) is 20.2. The number of aromatic nitrogens is 5. The van der Waals surface area contributed by atoms with Crippen LogP contribution < -0.4 is 0 Å². The molecule has 5 heterocycles. The lowest BCUT2D eigenvalue weighted by molar-refractivity contribution is -0.133. The maximum Gasteiger partial charge on any atom is 0.407 e. The highest BCUT2D eigenvalue weighted by Crippen LogP contribution is 2.40. The SMILES string of the molecule is Cc1c(C#Cc2cnn(C)c2)sc2c1C(c1ccc(Cl)cc1)=N[C@@H](CC(=O)N1CCN(C(=O)O)CC1)c1nnc(C)n1-2. The van der Waals surface area contributed by atoms with Gasteiger partial charge in [0.2, 0.25) is 5.91 Å². The lowest BCUT2D eigenvalue weighted by Crippen LogP contribution is -2.50. The lowest BCUT2D eigenvalue weighted by atomic mass is 9.99. The number of nitrogens with zero attached hydrogens (tertiary/aromatic N) is 8. The second-order valence-corrected chi connectivity index (χ2v) is 11.6. The van der Waals surface area contributed by atoms with Gasteiger partial charge in [0, 0.05) is 55.6 Å². The highest BCUT2D eigenvalue weighted by atomic mass is 35.5. The van der Waals surface area contributed by atoms with E-state index in [-0.39, 0.29) is 25.4 Å². The number of carboxylic acid groups (broad SMARTS) is 1. The van der Waals surface area contributed by atoms with Crippen molar-refractivity contribution in [2.75, 3.05) is 26.2 Å². The van der Waals surface area contributed by atoms with Crippen molar-refractivity contribution >= 4 is 40.6 Å². The summed E-state index contributed by atoms with van der Waals surface area (Å²) in [7, 11) is 1.85. The molecular formula is C29H27ClN8O3S. The molecule has 1 saturated heterocycles. The number of thiophene rings is 1. The van der Waals surface area contributed by atoms with E-state index in [1.54, 1.807) is 15.8 Å². The average Bonchev–Trinajstić information content (AvgIpc) is 3.64. The summed E-state index contributed by atoms with van der Waals surface area (Å²) in [5.41, 5.74) is 4.28. The second kappa shape index (κ2) is 11.1. The minimum absolute atomic E-state index is 0.0734. The van der Waals surface area contributed by atoms with Crippen molar-refractivity contribution in [1.29, 1.82) is 0 Å². The zero-order valence-electron chi connectivity index (χ0n) is 23.2. The van der Waals surface area contributed by atoms with Crippen LogP contribution in [-0.2, 0) is 11.8 Å². The summed E-state index contributed by atoms with van der Waals surface area (Å²) in [6.07, 6.45) is 2.70. The van der Waals surface area contributed by atoms with Gasteiger partial charge >= 0.3 is 6.09 Å². The zero-order chi connectivity index (χ0) is 29.5. The van der Waals surface area contributed by atoms with Crippen molar-refractivity contribution in [3.63, 3.8) is 0 Å². The van der Waals surface area contributed by atoms with Gasteiger partial charge in [0.25, 0.3) is 0 Å². The number of amides is 2. The van der Waals surface area contributed by atoms with Crippen LogP contribution in [0.4, 0.5) is 4.79 Å². The summed E-state index contributed by atoms with van der Waals surface area (Å²) in [6.45, 7) is 5.14. The van der Waals surface area contributed by atoms with Gasteiger partial charge in [-0.2, -0.15) is 5.10 Å². The molecule has 1 N–H and O–H groups in total. The Morgan fingerprint density at radius 1 is 1.07 bits per heavy atom. The molecule has 4 aromatic rings. The summed E-state index contributed by atoms with van der Waals surface area (Å²) in [5, 5.41) is 23.9. The van der Waals surface area contributed by atoms with E-state index in [4.69, 9.17) is 16.6 Å². The molecule has 2 aliphatic rings. The summed E-state index contributed by atoms with van der Waals surface area (Å²) in [5.74, 6) is 7.67. The topological polar surface area (TPSA) is 122 Å². The first-order valence-corrected chi connectivity index (χ1v) is 14.5. The predicted octanol–water partition coefficient (Wildman–Crippen LogP) is 3.84. The molecule has 1 atom stereocenters. The van der Waals surface area contributed by atoms with Crippen molar-refractivity contribution < 1.29 is 14.7 Å². The molecule has 42 heavy (non-hydrogen) atoms. The Kier molecular flexibility index (Phi) is 7.30. The lowest BCUT2D eigenvalue weighted by Gasteiger charge is -2.33. The molecule has 0 unspecified atom stereocenters. The van der Waals surface area contributed by atoms with E-state index in [1.807, 2.05) is 55.9 Å². The molecule has 1 aromatic carbocycles. The van der Waals surface area contributed by atoms with Gasteiger partial charge in [-0.25, -0.2) is 4.79 Å². The molecular weight excluding hydrogens is 576 g/mol. The van der Waals surface area contributed by atoms with E-state index in [1.165, 1.54) is 16.2 Å². The smallest absolute Gasteiger partial charge is 0.407 e. The highest BCUT2D eigenvalue weighted by molar-refractivity contribution is 7.15. The van der Waals surface area contributed by atoms with Crippen molar-refractivity contribution in [3.05, 3.63) is 80.5 Å². The second-order valence-electron chi connectivity index (χ2n) is 10.2. The third-order valence-corrected chi connectivity index (χ3v) is 8.86. The molecule has 0 bridgehead atoms. The molecule has 214 valence electrons. The Morgan fingerprint density at radius 2 is 1.79 bits per heavy atom. The molecule has 6 rings (SSSR count). The van der Waals surface area contributed by atoms with E-state index >= 15 is 0 Å². The van der Waals surface area contributed by atoms with Crippen LogP contribution in [0.25, 0.3) is 5.00 Å². The largest absolute Gasteiger partial charge is 0.465 e. The van der Waals surface area contributed by atoms with Crippen LogP contribution in [0.5, 0.6) is 0 Å². The Labute approximate surface area is 251 Å². The van der Waals surface area contributed by atoms with Gasteiger partial charge in [-0.1, -0.05) is 35.6 Å². The number of halogens is 1. The van der Waals surface area contributed by atoms with Crippen LogP contribution in [0, 0.1) is 25.7 Å². The van der Waals surface area contributed by atoms with Gasteiger partial charge in [0.05, 0.1) is 28.8 Å². The molecule has 2 amide bonds. The van der Waals surface area contributed by atoms with E-state index in [0.717, 1.165) is 37.8 Å². The average molecular weight is 603 g/mol. The molecule has 0 spiro atoms. The number of aryl methyl sites for hydroxylation is 2. The highest BCUT2D eigenvalue weighted by Gasteiger charge is 2.34. The number of carbonyl (C=O) groups excluding carboxylic acids is 1. The van der Waals surface area contributed by atoms with Crippen LogP contribution in [0.2, 0.25) is 5.02 Å². The van der Waals surface area contributed by atoms with Gasteiger partial charge in [-0.05, 0) is 31.5 Å². The minimum Gasteiger partial charge on any atom is -0.465 e. The normalized spacial score (nSPS) is 16.2. The van der Waals surface area contributed by atoms with Gasteiger partial charge < -0.3 is 14.9 Å². The molecule has 0 aliphatic carbocycles. The summed E-state index contributed by atoms with van der Waals surface area (Å²) >= 11 is 7.77. The number of carbonyl (C=O) groups is 2. The van der Waals surface area contributed by atoms with E-state index in [9.17, 15) is 14.7 Å². The summed E-state index contributed by atoms with van der Waals surface area (Å²) in [4.78, 5) is 33.9. The maximum absolute atomic E-state index is 13.5. The van der Waals surface area contributed by atoms with Crippen molar-refractivity contribution in [3.8, 4) is 16.8 Å². The van der Waals surface area contributed by atoms with Crippen molar-refractivity contribution in [2.45, 2.75) is 26.3 Å². The molecule has 1 fully saturated rings. The van der Waals surface area contributed by atoms with Gasteiger partial charge in [-0.3, -0.25) is 19.0 Å². The van der Waals surface area contributed by atoms with E-state index in [0.29, 0.717) is 29.8 Å². The quantitative estimate of drug-likeness (QED) is 0.356. The fraction of sp³-hybridized carbons (Fsp3) is 0.310. The number of rotatable bonds is 3. The molecule has 0 saturated carbocycles. The Hall–Kier alpha value is -4.47. The summed E-state index contributed by atoms with van der Waals surface area (Å²) in [6, 6.07) is 6.88. The van der Waals surface area contributed by atoms with E-state index in [2.05, 4.69) is 27.1 Å². The molecule has 3 aromatic heterocycles. The standard InChI is InChI=1S/C29H27ClN8O3S/c1-17-23(9-4-19-15-31-35(3)16-19)42-28-25(17)26(20-5-7-21(30)8-6-20)32-22(27-34-33-18(2)38(27)28)14-24(39)36-10-12-37(13-11-36)29(40)41/h5-8,15-16,22H,10-14H2,1-3H3,(H,40,41)/t22-/m0/s1. The number of aliphatic imine (C=N–C) groups is 1. The number of hydrogen-bond donors (Lipinski definition) is 1. The van der Waals surface area contributed by atoms with E-state index < -0.39 is 12.1 Å². The zero-order valence-corrected chi connectivity index (χ0v) is 24.8. The van der Waals surface area contributed by atoms with Gasteiger partial charge in [0.1, 0.15) is 16.9 Å². The Balaban J connectivity index is 1.43. The Morgan fingerprint density at radius 3 is 2.45 bits per heavy atom. The van der Waals surface area contributed by atoms with Crippen LogP contribution in [0.15, 0.2) is 41.7 Å². The van der Waals surface area contributed by atoms with Gasteiger partial charge in [-0.15, -0.1) is 21.5 Å². The minimum atomic E-state index is -0.974. The summed E-state index contributed by atoms with van der Waals surface area (Å²) < 4.78 is 3.70. The molecule has 13 heteroatoms. The van der Waals surface area contributed by atoms with Crippen molar-refractivity contribution in [1.82, 2.24) is 34.3 Å². The first-order valence-electron chi connectivity index (χ1n) is 13.4. The van der Waals surface area contributed by atoms with Crippen LogP contribution in [-0.4, -0.2) is 83.3 Å². The monoisotopic (exact) mass is 602 g/mol. The molecule has 11 nitrogen and oxygen atoms in total. The number of hydrogen-bond acceptors (Lipinski definition) is 7. The molecule has 0 radical (unpaired) electrons. The third kappa shape index (κ3) is 5.17. The number of benzene rings is 1. The number of piperazine rings is 1. The maximum atomic E-state index is 13.5. The van der Waals surface area contributed by atoms with Crippen LogP contribution in [0.3, 0.4) is 0 Å².